The van der Waals surface area contributed by atoms with Gasteiger partial charge in [0.05, 0.1) is 5.56 Å². The normalized spacial score (nSPS) is 37.9. The summed E-state index contributed by atoms with van der Waals surface area (Å²) in [6.07, 6.45) is 4.37. The van der Waals surface area contributed by atoms with E-state index in [1.165, 1.54) is 37.9 Å². The molecule has 4 atom stereocenters. The molecule has 3 heteroatoms. The van der Waals surface area contributed by atoms with E-state index in [4.69, 9.17) is 5.11 Å². The molecule has 0 amide bonds. The first-order valence-corrected chi connectivity index (χ1v) is 8.11. The van der Waals surface area contributed by atoms with E-state index in [9.17, 15) is 4.79 Å². The maximum absolute atomic E-state index is 10.9. The van der Waals surface area contributed by atoms with Crippen molar-refractivity contribution in [1.29, 1.82) is 0 Å². The lowest BCUT2D eigenvalue weighted by atomic mass is 9.70. The Bertz CT molecular complexity index is 567. The van der Waals surface area contributed by atoms with Crippen molar-refractivity contribution >= 4 is 5.97 Å². The molecule has 1 unspecified atom stereocenters. The lowest BCUT2D eigenvalue weighted by Gasteiger charge is -2.35. The molecule has 0 aromatic heterocycles. The maximum Gasteiger partial charge on any atom is 0.335 e. The van der Waals surface area contributed by atoms with E-state index in [1.54, 1.807) is 12.1 Å². The summed E-state index contributed by atoms with van der Waals surface area (Å²) in [6, 6.07) is 7.38. The number of carboxylic acids is 1. The van der Waals surface area contributed by atoms with Crippen molar-refractivity contribution in [3.05, 3.63) is 35.4 Å². The Hall–Kier alpha value is -1.35. The van der Waals surface area contributed by atoms with E-state index in [-0.39, 0.29) is 0 Å². The van der Waals surface area contributed by atoms with E-state index in [0.29, 0.717) is 11.0 Å². The summed E-state index contributed by atoms with van der Waals surface area (Å²) in [5, 5.41) is 8.96. The fourth-order valence-corrected chi connectivity index (χ4v) is 5.38. The van der Waals surface area contributed by atoms with Gasteiger partial charge in [0.1, 0.15) is 0 Å². The number of benzene rings is 1. The van der Waals surface area contributed by atoms with Gasteiger partial charge in [-0.15, -0.1) is 0 Å². The number of aromatic carboxylic acids is 1. The summed E-state index contributed by atoms with van der Waals surface area (Å²) in [5.74, 6) is 1.97. The summed E-state index contributed by atoms with van der Waals surface area (Å²) >= 11 is 0. The van der Waals surface area contributed by atoms with Crippen LogP contribution in [0.5, 0.6) is 0 Å². The highest BCUT2D eigenvalue weighted by Gasteiger charge is 2.58. The van der Waals surface area contributed by atoms with Crippen LogP contribution >= 0.6 is 0 Å². The van der Waals surface area contributed by atoms with Gasteiger partial charge in [0.25, 0.3) is 0 Å². The van der Waals surface area contributed by atoms with Crippen molar-refractivity contribution in [2.45, 2.75) is 32.7 Å². The molecule has 2 saturated carbocycles. The monoisotopic (exact) mass is 285 g/mol. The number of likely N-dealkylation sites (tertiary alicyclic amines) is 1. The molecule has 0 radical (unpaired) electrons. The lowest BCUT2D eigenvalue weighted by molar-refractivity contribution is 0.0697. The molecule has 1 N–H and O–H groups in total. The highest BCUT2D eigenvalue weighted by molar-refractivity contribution is 5.87. The van der Waals surface area contributed by atoms with Crippen molar-refractivity contribution in [1.82, 2.24) is 4.90 Å². The Morgan fingerprint density at radius 3 is 2.76 bits per heavy atom. The Balaban J connectivity index is 1.46. The van der Waals surface area contributed by atoms with Gasteiger partial charge in [-0.25, -0.2) is 4.79 Å². The number of fused-ring (bicyclic) bond motifs is 5. The third-order valence-corrected chi connectivity index (χ3v) is 6.45. The molecule has 1 heterocycles. The standard InChI is InChI=1S/C18H23NO2/c1-18-11-19(10-16(18)14-6-7-15(18)8-14)9-12-2-4-13(5-3-12)17(20)21/h2-5,14-16H,6-11H2,1H3,(H,20,21)/t14-,15+,16?,18-/m1/s1. The van der Waals surface area contributed by atoms with Gasteiger partial charge in [-0.2, -0.15) is 0 Å². The van der Waals surface area contributed by atoms with Gasteiger partial charge in [0.2, 0.25) is 0 Å². The highest BCUT2D eigenvalue weighted by Crippen LogP contribution is 2.62. The summed E-state index contributed by atoms with van der Waals surface area (Å²) in [5.41, 5.74) is 2.15. The molecule has 2 aliphatic carbocycles. The minimum absolute atomic E-state index is 0.377. The first-order valence-electron chi connectivity index (χ1n) is 8.11. The largest absolute Gasteiger partial charge is 0.478 e. The molecule has 3 fully saturated rings. The van der Waals surface area contributed by atoms with Crippen LogP contribution in [-0.4, -0.2) is 29.1 Å². The van der Waals surface area contributed by atoms with Crippen LogP contribution in [-0.2, 0) is 6.54 Å². The number of hydrogen-bond donors (Lipinski definition) is 1. The molecule has 1 aliphatic heterocycles. The minimum atomic E-state index is -0.846. The first kappa shape index (κ1) is 13.3. The molecular weight excluding hydrogens is 262 g/mol. The molecule has 2 bridgehead atoms. The molecule has 1 aromatic rings. The number of rotatable bonds is 3. The fourth-order valence-electron chi connectivity index (χ4n) is 5.38. The molecule has 0 spiro atoms. The van der Waals surface area contributed by atoms with Gasteiger partial charge in [0, 0.05) is 19.6 Å². The third-order valence-electron chi connectivity index (χ3n) is 6.45. The van der Waals surface area contributed by atoms with Crippen LogP contribution in [0, 0.1) is 23.2 Å². The Kier molecular flexibility index (Phi) is 2.90. The van der Waals surface area contributed by atoms with Crippen LogP contribution in [0.25, 0.3) is 0 Å². The number of hydrogen-bond acceptors (Lipinski definition) is 2. The smallest absolute Gasteiger partial charge is 0.335 e. The van der Waals surface area contributed by atoms with Gasteiger partial charge < -0.3 is 5.11 Å². The Labute approximate surface area is 126 Å². The lowest BCUT2D eigenvalue weighted by Crippen LogP contribution is -2.32. The molecule has 4 rings (SSSR count). The summed E-state index contributed by atoms with van der Waals surface area (Å²) in [6.45, 7) is 5.93. The van der Waals surface area contributed by atoms with E-state index < -0.39 is 5.97 Å². The van der Waals surface area contributed by atoms with Gasteiger partial charge >= 0.3 is 5.97 Å². The molecule has 21 heavy (non-hydrogen) atoms. The molecule has 3 aliphatic rings. The van der Waals surface area contributed by atoms with Gasteiger partial charge in [-0.3, -0.25) is 4.90 Å². The number of nitrogens with zero attached hydrogens (tertiary/aromatic N) is 1. The van der Waals surface area contributed by atoms with Crippen molar-refractivity contribution in [3.63, 3.8) is 0 Å². The van der Waals surface area contributed by atoms with Crippen LogP contribution in [0.3, 0.4) is 0 Å². The molecule has 1 saturated heterocycles. The van der Waals surface area contributed by atoms with Crippen molar-refractivity contribution in [2.24, 2.45) is 23.2 Å². The van der Waals surface area contributed by atoms with E-state index in [1.807, 2.05) is 12.1 Å². The second-order valence-electron chi connectivity index (χ2n) is 7.55. The average molecular weight is 285 g/mol. The predicted molar refractivity (Wildman–Crippen MR) is 81.1 cm³/mol. The van der Waals surface area contributed by atoms with Crippen LogP contribution in [0.4, 0.5) is 0 Å². The SMILES string of the molecule is C[C@]12CN(Cc3ccc(C(=O)O)cc3)CC1[C@@H]1CC[C@H]2C1. The van der Waals surface area contributed by atoms with Crippen molar-refractivity contribution < 1.29 is 9.90 Å². The zero-order valence-corrected chi connectivity index (χ0v) is 12.6. The van der Waals surface area contributed by atoms with E-state index in [2.05, 4.69) is 11.8 Å². The zero-order chi connectivity index (χ0) is 14.6. The maximum atomic E-state index is 10.9. The molecule has 112 valence electrons. The second-order valence-corrected chi connectivity index (χ2v) is 7.55. The van der Waals surface area contributed by atoms with Crippen LogP contribution in [0.15, 0.2) is 24.3 Å². The highest BCUT2D eigenvalue weighted by atomic mass is 16.4. The van der Waals surface area contributed by atoms with Gasteiger partial charge in [-0.05, 0) is 60.1 Å². The van der Waals surface area contributed by atoms with E-state index in [0.717, 1.165) is 24.3 Å². The minimum Gasteiger partial charge on any atom is -0.478 e. The van der Waals surface area contributed by atoms with Crippen molar-refractivity contribution in [2.75, 3.05) is 13.1 Å². The molecule has 3 nitrogen and oxygen atoms in total. The van der Waals surface area contributed by atoms with Gasteiger partial charge in [0.15, 0.2) is 0 Å². The quantitative estimate of drug-likeness (QED) is 0.926. The van der Waals surface area contributed by atoms with Crippen LogP contribution in [0.2, 0.25) is 0 Å². The van der Waals surface area contributed by atoms with E-state index >= 15 is 0 Å². The van der Waals surface area contributed by atoms with Gasteiger partial charge in [-0.1, -0.05) is 19.1 Å². The summed E-state index contributed by atoms with van der Waals surface area (Å²) < 4.78 is 0. The topological polar surface area (TPSA) is 40.5 Å². The number of carbonyl (C=O) groups is 1. The first-order chi connectivity index (χ1) is 10.1. The Morgan fingerprint density at radius 1 is 1.33 bits per heavy atom. The zero-order valence-electron chi connectivity index (χ0n) is 12.6. The third kappa shape index (κ3) is 2.02. The van der Waals surface area contributed by atoms with Crippen LogP contribution in [0.1, 0.15) is 42.1 Å². The molecular formula is C18H23NO2. The predicted octanol–water partition coefficient (Wildman–Crippen LogP) is 3.25. The Morgan fingerprint density at radius 2 is 2.10 bits per heavy atom. The second kappa shape index (κ2) is 4.57. The molecule has 1 aromatic carbocycles. The average Bonchev–Trinajstić information content (AvgIpc) is 3.10. The number of carboxylic acid groups (broad SMARTS) is 1. The summed E-state index contributed by atoms with van der Waals surface area (Å²) in [7, 11) is 0. The van der Waals surface area contributed by atoms with Crippen molar-refractivity contribution in [3.8, 4) is 0 Å². The fraction of sp³-hybridized carbons (Fsp3) is 0.611. The summed E-state index contributed by atoms with van der Waals surface area (Å²) in [4.78, 5) is 13.5. The van der Waals surface area contributed by atoms with Crippen LogP contribution < -0.4 is 0 Å².